The molecule has 0 unspecified atom stereocenters. The third-order valence-corrected chi connectivity index (χ3v) is 5.78. The summed E-state index contributed by atoms with van der Waals surface area (Å²) in [4.78, 5) is 12.8. The summed E-state index contributed by atoms with van der Waals surface area (Å²) in [5, 5.41) is 10.6. The van der Waals surface area contributed by atoms with Crippen LogP contribution in [0.25, 0.3) is 6.08 Å². The molecule has 24 heavy (non-hydrogen) atoms. The van der Waals surface area contributed by atoms with Gasteiger partial charge >= 0.3 is 0 Å². The fraction of sp³-hybridized carbons (Fsp3) is 0.476. The first-order valence-electron chi connectivity index (χ1n) is 8.65. The van der Waals surface area contributed by atoms with Crippen LogP contribution in [-0.4, -0.2) is 24.1 Å². The number of carbonyl (C=O) groups excluding carboxylic acids is 1. The van der Waals surface area contributed by atoms with Gasteiger partial charge in [0.1, 0.15) is 5.75 Å². The van der Waals surface area contributed by atoms with E-state index in [0.717, 1.165) is 52.9 Å². The normalized spacial score (nSPS) is 29.0. The van der Waals surface area contributed by atoms with Crippen LogP contribution < -0.4 is 4.74 Å². The van der Waals surface area contributed by atoms with E-state index in [4.69, 9.17) is 4.74 Å². The molecule has 3 heteroatoms. The maximum absolute atomic E-state index is 12.8. The predicted octanol–water partition coefficient (Wildman–Crippen LogP) is 4.23. The van der Waals surface area contributed by atoms with Crippen molar-refractivity contribution in [3.8, 4) is 5.75 Å². The number of methoxy groups -OCH3 is 1. The Balaban J connectivity index is 2.04. The maximum Gasteiger partial charge on any atom is 0.184 e. The Morgan fingerprint density at radius 2 is 2.08 bits per heavy atom. The van der Waals surface area contributed by atoms with Gasteiger partial charge < -0.3 is 9.84 Å². The van der Waals surface area contributed by atoms with Crippen molar-refractivity contribution in [3.05, 3.63) is 46.0 Å². The number of aliphatic hydroxyl groups excluding tert-OH is 1. The second kappa shape index (κ2) is 6.21. The summed E-state index contributed by atoms with van der Waals surface area (Å²) in [6.07, 6.45) is 4.95. The second-order valence-electron chi connectivity index (χ2n) is 7.33. The van der Waals surface area contributed by atoms with E-state index in [1.807, 2.05) is 38.1 Å². The number of hydrogen-bond donors (Lipinski definition) is 1. The average Bonchev–Trinajstić information content (AvgIpc) is 2.56. The van der Waals surface area contributed by atoms with Crippen LogP contribution in [-0.2, 0) is 4.79 Å². The predicted molar refractivity (Wildman–Crippen MR) is 96.0 cm³/mol. The third-order valence-electron chi connectivity index (χ3n) is 5.78. The van der Waals surface area contributed by atoms with Crippen molar-refractivity contribution in [2.45, 2.75) is 52.6 Å². The molecule has 0 amide bonds. The number of aryl methyl sites for hydroxylation is 1. The highest BCUT2D eigenvalue weighted by Crippen LogP contribution is 2.50. The molecule has 0 radical (unpaired) electrons. The summed E-state index contributed by atoms with van der Waals surface area (Å²) in [5.41, 5.74) is 4.60. The van der Waals surface area contributed by atoms with E-state index < -0.39 is 0 Å². The molecule has 1 N–H and O–H groups in total. The molecule has 0 aliphatic heterocycles. The van der Waals surface area contributed by atoms with Gasteiger partial charge in [-0.25, -0.2) is 0 Å². The highest BCUT2D eigenvalue weighted by molar-refractivity contribution is 6.12. The Morgan fingerprint density at radius 3 is 2.75 bits per heavy atom. The fourth-order valence-corrected chi connectivity index (χ4v) is 4.21. The zero-order valence-electron chi connectivity index (χ0n) is 15.0. The topological polar surface area (TPSA) is 46.5 Å². The van der Waals surface area contributed by atoms with Crippen molar-refractivity contribution < 1.29 is 14.6 Å². The SMILES string of the molecule is COc1ccc(/C=C2\C[C@@]3(C)C(=C(C)C2=O)CCC[C@@H]3O)c(C)c1. The van der Waals surface area contributed by atoms with E-state index in [-0.39, 0.29) is 17.3 Å². The van der Waals surface area contributed by atoms with Gasteiger partial charge in [-0.15, -0.1) is 0 Å². The number of hydrogen-bond acceptors (Lipinski definition) is 3. The standard InChI is InChI=1S/C21H26O3/c1-13-10-17(24-4)9-8-15(13)11-16-12-21(3)18(14(2)20(16)23)6-5-7-19(21)22/h8-11,19,22H,5-7,12H2,1-4H3/b16-11+/t19-,21-/m0/s1. The highest BCUT2D eigenvalue weighted by Gasteiger charge is 2.45. The number of aliphatic hydroxyl groups is 1. The van der Waals surface area contributed by atoms with Gasteiger partial charge in [-0.2, -0.15) is 0 Å². The first-order valence-corrected chi connectivity index (χ1v) is 8.65. The molecule has 1 aromatic carbocycles. The largest absolute Gasteiger partial charge is 0.497 e. The van der Waals surface area contributed by atoms with Crippen LogP contribution in [0.1, 0.15) is 50.7 Å². The van der Waals surface area contributed by atoms with Crippen molar-refractivity contribution in [2.75, 3.05) is 7.11 Å². The van der Waals surface area contributed by atoms with Crippen LogP contribution in [0.15, 0.2) is 34.9 Å². The van der Waals surface area contributed by atoms with Gasteiger partial charge in [0, 0.05) is 11.0 Å². The molecular formula is C21H26O3. The number of ether oxygens (including phenoxy) is 1. The monoisotopic (exact) mass is 326 g/mol. The molecule has 1 fully saturated rings. The Morgan fingerprint density at radius 1 is 1.33 bits per heavy atom. The zero-order chi connectivity index (χ0) is 17.5. The lowest BCUT2D eigenvalue weighted by molar-refractivity contribution is -0.113. The van der Waals surface area contributed by atoms with Gasteiger partial charge in [-0.05, 0) is 74.4 Å². The number of Topliss-reactive ketones (excluding diaryl/α,β-unsaturated/α-hetero) is 1. The van der Waals surface area contributed by atoms with Crippen LogP contribution in [0, 0.1) is 12.3 Å². The first-order chi connectivity index (χ1) is 11.4. The number of ketones is 1. The molecule has 0 spiro atoms. The van der Waals surface area contributed by atoms with E-state index in [9.17, 15) is 9.90 Å². The number of benzene rings is 1. The number of allylic oxidation sites excluding steroid dienone is 2. The Bertz CT molecular complexity index is 741. The molecular weight excluding hydrogens is 300 g/mol. The van der Waals surface area contributed by atoms with E-state index in [1.165, 1.54) is 0 Å². The molecule has 128 valence electrons. The molecule has 3 rings (SSSR count). The summed E-state index contributed by atoms with van der Waals surface area (Å²) in [6, 6.07) is 5.88. The Hall–Kier alpha value is -1.87. The lowest BCUT2D eigenvalue weighted by atomic mass is 9.61. The molecule has 0 heterocycles. The lowest BCUT2D eigenvalue weighted by Gasteiger charge is -2.45. The minimum absolute atomic E-state index is 0.131. The van der Waals surface area contributed by atoms with Gasteiger partial charge in [-0.1, -0.05) is 18.6 Å². The van der Waals surface area contributed by atoms with E-state index in [0.29, 0.717) is 6.42 Å². The molecule has 1 aromatic rings. The molecule has 3 nitrogen and oxygen atoms in total. The minimum atomic E-state index is -0.371. The minimum Gasteiger partial charge on any atom is -0.497 e. The summed E-state index contributed by atoms with van der Waals surface area (Å²) >= 11 is 0. The van der Waals surface area contributed by atoms with Gasteiger partial charge in [-0.3, -0.25) is 4.79 Å². The Labute approximate surface area is 144 Å². The molecule has 2 aliphatic carbocycles. The van der Waals surface area contributed by atoms with E-state index >= 15 is 0 Å². The summed E-state index contributed by atoms with van der Waals surface area (Å²) in [5.74, 6) is 0.949. The maximum atomic E-state index is 12.8. The zero-order valence-corrected chi connectivity index (χ0v) is 15.0. The molecule has 0 aromatic heterocycles. The van der Waals surface area contributed by atoms with Gasteiger partial charge in [0.25, 0.3) is 0 Å². The Kier molecular flexibility index (Phi) is 4.39. The van der Waals surface area contributed by atoms with Crippen molar-refractivity contribution in [2.24, 2.45) is 5.41 Å². The molecule has 1 saturated carbocycles. The van der Waals surface area contributed by atoms with Gasteiger partial charge in [0.05, 0.1) is 13.2 Å². The van der Waals surface area contributed by atoms with Crippen LogP contribution in [0.2, 0.25) is 0 Å². The van der Waals surface area contributed by atoms with Crippen molar-refractivity contribution >= 4 is 11.9 Å². The summed E-state index contributed by atoms with van der Waals surface area (Å²) in [7, 11) is 1.65. The molecule has 2 aliphatic rings. The van der Waals surface area contributed by atoms with Gasteiger partial charge in [0.2, 0.25) is 0 Å². The quantitative estimate of drug-likeness (QED) is 0.827. The third kappa shape index (κ3) is 2.71. The van der Waals surface area contributed by atoms with Crippen LogP contribution in [0.4, 0.5) is 0 Å². The van der Waals surface area contributed by atoms with Crippen molar-refractivity contribution in [1.29, 1.82) is 0 Å². The van der Waals surface area contributed by atoms with Crippen molar-refractivity contribution in [3.63, 3.8) is 0 Å². The molecule has 2 atom stereocenters. The van der Waals surface area contributed by atoms with Gasteiger partial charge in [0.15, 0.2) is 5.78 Å². The first kappa shape index (κ1) is 17.0. The fourth-order valence-electron chi connectivity index (χ4n) is 4.21. The van der Waals surface area contributed by atoms with E-state index in [2.05, 4.69) is 6.92 Å². The number of carbonyl (C=O) groups is 1. The summed E-state index contributed by atoms with van der Waals surface area (Å²) in [6.45, 7) is 6.05. The van der Waals surface area contributed by atoms with Crippen LogP contribution in [0.5, 0.6) is 5.75 Å². The lowest BCUT2D eigenvalue weighted by Crippen LogP contribution is -2.42. The van der Waals surface area contributed by atoms with E-state index in [1.54, 1.807) is 7.11 Å². The second-order valence-corrected chi connectivity index (χ2v) is 7.33. The number of rotatable bonds is 2. The average molecular weight is 326 g/mol. The van der Waals surface area contributed by atoms with Crippen molar-refractivity contribution in [1.82, 2.24) is 0 Å². The van der Waals surface area contributed by atoms with Crippen LogP contribution in [0.3, 0.4) is 0 Å². The highest BCUT2D eigenvalue weighted by atomic mass is 16.5. The molecule has 0 saturated heterocycles. The smallest absolute Gasteiger partial charge is 0.184 e. The molecule has 0 bridgehead atoms. The summed E-state index contributed by atoms with van der Waals surface area (Å²) < 4.78 is 5.25. The van der Waals surface area contributed by atoms with Crippen LogP contribution >= 0.6 is 0 Å². The number of fused-ring (bicyclic) bond motifs is 1.